The molecule has 1 amide bonds. The quantitative estimate of drug-likeness (QED) is 0.338. The monoisotopic (exact) mass is 456 g/mol. The molecule has 0 fully saturated rings. The Kier molecular flexibility index (Phi) is 8.38. The van der Waals surface area contributed by atoms with Crippen LogP contribution in [-0.4, -0.2) is 47.3 Å². The van der Waals surface area contributed by atoms with Crippen LogP contribution in [0.1, 0.15) is 19.8 Å². The summed E-state index contributed by atoms with van der Waals surface area (Å²) in [5.41, 5.74) is 1.48. The number of unbranched alkanes of at least 4 members (excludes halogenated alkanes) is 1. The number of aromatic nitrogens is 3. The van der Waals surface area contributed by atoms with Gasteiger partial charge >= 0.3 is 0 Å². The van der Waals surface area contributed by atoms with Gasteiger partial charge in [0.05, 0.1) is 32.3 Å². The van der Waals surface area contributed by atoms with Crippen LogP contribution >= 0.6 is 11.8 Å². The molecule has 9 heteroatoms. The molecule has 8 nitrogen and oxygen atoms in total. The van der Waals surface area contributed by atoms with Gasteiger partial charge in [0.15, 0.2) is 11.0 Å². The van der Waals surface area contributed by atoms with E-state index < -0.39 is 0 Å². The molecule has 2 aromatic carbocycles. The Morgan fingerprint density at radius 3 is 2.50 bits per heavy atom. The number of hydrogen-bond acceptors (Lipinski definition) is 7. The van der Waals surface area contributed by atoms with Crippen LogP contribution in [0.5, 0.6) is 17.2 Å². The van der Waals surface area contributed by atoms with Crippen LogP contribution in [0.4, 0.5) is 5.69 Å². The van der Waals surface area contributed by atoms with E-state index in [1.807, 2.05) is 35.9 Å². The van der Waals surface area contributed by atoms with Crippen LogP contribution in [0.3, 0.4) is 0 Å². The number of methoxy groups -OCH3 is 2. The number of benzene rings is 2. The Labute approximate surface area is 192 Å². The summed E-state index contributed by atoms with van der Waals surface area (Å²) in [7, 11) is 5.01. The van der Waals surface area contributed by atoms with Crippen molar-refractivity contribution in [2.24, 2.45) is 7.05 Å². The molecular weight excluding hydrogens is 428 g/mol. The highest BCUT2D eigenvalue weighted by Crippen LogP contribution is 2.29. The minimum atomic E-state index is -0.181. The molecule has 3 rings (SSSR count). The maximum absolute atomic E-state index is 12.5. The normalized spacial score (nSPS) is 10.6. The fourth-order valence-corrected chi connectivity index (χ4v) is 3.67. The first-order chi connectivity index (χ1) is 15.5. The predicted octanol–water partition coefficient (Wildman–Crippen LogP) is 4.41. The lowest BCUT2D eigenvalue weighted by molar-refractivity contribution is -0.113. The van der Waals surface area contributed by atoms with Crippen molar-refractivity contribution in [1.29, 1.82) is 0 Å². The number of nitrogens with one attached hydrogen (secondary N) is 1. The molecule has 0 aliphatic carbocycles. The zero-order valence-corrected chi connectivity index (χ0v) is 19.6. The van der Waals surface area contributed by atoms with Gasteiger partial charge in [-0.1, -0.05) is 25.1 Å². The van der Waals surface area contributed by atoms with Gasteiger partial charge in [-0.15, -0.1) is 10.2 Å². The molecule has 0 aliphatic heterocycles. The van der Waals surface area contributed by atoms with Crippen LogP contribution in [-0.2, 0) is 11.8 Å². The average molecular weight is 457 g/mol. The molecule has 0 aliphatic rings. The van der Waals surface area contributed by atoms with Gasteiger partial charge < -0.3 is 24.1 Å². The summed E-state index contributed by atoms with van der Waals surface area (Å²) in [6.45, 7) is 2.85. The second-order valence-corrected chi connectivity index (χ2v) is 7.94. The van der Waals surface area contributed by atoms with Crippen LogP contribution in [0.15, 0.2) is 47.6 Å². The molecule has 0 spiro atoms. The number of anilines is 1. The molecular formula is C23H28N4O4S. The Morgan fingerprint density at radius 2 is 1.81 bits per heavy atom. The first kappa shape index (κ1) is 23.5. The molecule has 1 N–H and O–H groups in total. The molecule has 0 bridgehead atoms. The van der Waals surface area contributed by atoms with Crippen molar-refractivity contribution >= 4 is 23.4 Å². The lowest BCUT2D eigenvalue weighted by Crippen LogP contribution is -2.15. The third-order valence-corrected chi connectivity index (χ3v) is 5.75. The lowest BCUT2D eigenvalue weighted by atomic mass is 10.2. The van der Waals surface area contributed by atoms with E-state index in [0.29, 0.717) is 28.9 Å². The van der Waals surface area contributed by atoms with Crippen molar-refractivity contribution in [3.05, 3.63) is 42.5 Å². The van der Waals surface area contributed by atoms with E-state index in [-0.39, 0.29) is 11.7 Å². The van der Waals surface area contributed by atoms with E-state index in [4.69, 9.17) is 14.2 Å². The number of ether oxygens (including phenoxy) is 3. The minimum Gasteiger partial charge on any atom is -0.497 e. The van der Waals surface area contributed by atoms with E-state index in [1.54, 1.807) is 32.4 Å². The zero-order chi connectivity index (χ0) is 22.9. The van der Waals surface area contributed by atoms with Crippen LogP contribution < -0.4 is 19.5 Å². The Balaban J connectivity index is 1.61. The van der Waals surface area contributed by atoms with E-state index >= 15 is 0 Å². The molecule has 0 radical (unpaired) electrons. The smallest absolute Gasteiger partial charge is 0.234 e. The summed E-state index contributed by atoms with van der Waals surface area (Å²) >= 11 is 1.31. The molecule has 1 aromatic heterocycles. The van der Waals surface area contributed by atoms with Gasteiger partial charge in [0.25, 0.3) is 0 Å². The third kappa shape index (κ3) is 5.94. The summed E-state index contributed by atoms with van der Waals surface area (Å²) in [6, 6.07) is 13.0. The van der Waals surface area contributed by atoms with Gasteiger partial charge in [-0.25, -0.2) is 0 Å². The number of carbonyl (C=O) groups is 1. The van der Waals surface area contributed by atoms with Crippen LogP contribution in [0, 0.1) is 0 Å². The van der Waals surface area contributed by atoms with Crippen molar-refractivity contribution in [3.63, 3.8) is 0 Å². The molecule has 170 valence electrons. The lowest BCUT2D eigenvalue weighted by Gasteiger charge is -2.11. The topological polar surface area (TPSA) is 87.5 Å². The van der Waals surface area contributed by atoms with Crippen LogP contribution in [0.2, 0.25) is 0 Å². The average Bonchev–Trinajstić information content (AvgIpc) is 3.18. The van der Waals surface area contributed by atoms with E-state index in [9.17, 15) is 4.79 Å². The summed E-state index contributed by atoms with van der Waals surface area (Å²) in [5, 5.41) is 12.0. The van der Waals surface area contributed by atoms with Crippen molar-refractivity contribution in [2.75, 3.05) is 31.9 Å². The summed E-state index contributed by atoms with van der Waals surface area (Å²) in [6.07, 6.45) is 2.13. The molecule has 0 unspecified atom stereocenters. The number of amides is 1. The SMILES string of the molecule is CCCCOc1ccc(-c2nnc(SCC(=O)Nc3cc(OC)ccc3OC)n2C)cc1. The first-order valence-electron chi connectivity index (χ1n) is 10.3. The second kappa shape index (κ2) is 11.4. The van der Waals surface area contributed by atoms with E-state index in [2.05, 4.69) is 22.4 Å². The van der Waals surface area contributed by atoms with Gasteiger partial charge in [-0.2, -0.15) is 0 Å². The van der Waals surface area contributed by atoms with Crippen molar-refractivity contribution in [3.8, 4) is 28.6 Å². The number of thioether (sulfide) groups is 1. The maximum Gasteiger partial charge on any atom is 0.234 e. The highest BCUT2D eigenvalue weighted by Gasteiger charge is 2.14. The molecule has 3 aromatic rings. The number of carbonyl (C=O) groups excluding carboxylic acids is 1. The molecule has 0 saturated heterocycles. The Hall–Kier alpha value is -3.20. The zero-order valence-electron chi connectivity index (χ0n) is 18.8. The standard InChI is InChI=1S/C23H28N4O4S/c1-5-6-13-31-17-9-7-16(8-10-17)22-25-26-23(27(22)2)32-15-21(28)24-19-14-18(29-3)11-12-20(19)30-4/h7-12,14H,5-6,13,15H2,1-4H3,(H,24,28). The highest BCUT2D eigenvalue weighted by molar-refractivity contribution is 7.99. The molecule has 32 heavy (non-hydrogen) atoms. The number of nitrogens with zero attached hydrogens (tertiary/aromatic N) is 3. The van der Waals surface area contributed by atoms with Crippen molar-refractivity contribution < 1.29 is 19.0 Å². The van der Waals surface area contributed by atoms with Gasteiger partial charge in [-0.3, -0.25) is 4.79 Å². The summed E-state index contributed by atoms with van der Waals surface area (Å²) in [4.78, 5) is 12.5. The van der Waals surface area contributed by atoms with Crippen molar-refractivity contribution in [1.82, 2.24) is 14.8 Å². The van der Waals surface area contributed by atoms with Gasteiger partial charge in [0.2, 0.25) is 5.91 Å². The third-order valence-electron chi connectivity index (χ3n) is 4.73. The fourth-order valence-electron chi connectivity index (χ4n) is 2.95. The molecule has 0 atom stereocenters. The molecule has 1 heterocycles. The summed E-state index contributed by atoms with van der Waals surface area (Å²) < 4.78 is 18.1. The second-order valence-electron chi connectivity index (χ2n) is 6.99. The first-order valence-corrected chi connectivity index (χ1v) is 11.3. The maximum atomic E-state index is 12.5. The van der Waals surface area contributed by atoms with E-state index in [0.717, 1.165) is 30.0 Å². The van der Waals surface area contributed by atoms with Crippen molar-refractivity contribution in [2.45, 2.75) is 24.9 Å². The predicted molar refractivity (Wildman–Crippen MR) is 126 cm³/mol. The number of hydrogen-bond donors (Lipinski definition) is 1. The molecule has 0 saturated carbocycles. The number of rotatable bonds is 11. The Morgan fingerprint density at radius 1 is 1.06 bits per heavy atom. The van der Waals surface area contributed by atoms with Gasteiger partial charge in [0, 0.05) is 18.7 Å². The minimum absolute atomic E-state index is 0.177. The highest BCUT2D eigenvalue weighted by atomic mass is 32.2. The fraction of sp³-hybridized carbons (Fsp3) is 0.348. The largest absolute Gasteiger partial charge is 0.497 e. The Bertz CT molecular complexity index is 1040. The van der Waals surface area contributed by atoms with Gasteiger partial charge in [-0.05, 0) is 42.8 Å². The summed E-state index contributed by atoms with van der Waals surface area (Å²) in [5.74, 6) is 2.75. The van der Waals surface area contributed by atoms with Crippen LogP contribution in [0.25, 0.3) is 11.4 Å². The van der Waals surface area contributed by atoms with E-state index in [1.165, 1.54) is 11.8 Å². The van der Waals surface area contributed by atoms with Gasteiger partial charge in [0.1, 0.15) is 17.2 Å².